The Morgan fingerprint density at radius 1 is 1.45 bits per heavy atom. The van der Waals surface area contributed by atoms with Gasteiger partial charge in [-0.1, -0.05) is 12.8 Å². The van der Waals surface area contributed by atoms with Crippen LogP contribution in [0, 0.1) is 15.9 Å². The van der Waals surface area contributed by atoms with Crippen LogP contribution in [0.4, 0.5) is 15.8 Å². The van der Waals surface area contributed by atoms with Crippen molar-refractivity contribution in [1.82, 2.24) is 0 Å². The highest BCUT2D eigenvalue weighted by molar-refractivity contribution is 9.10. The predicted molar refractivity (Wildman–Crippen MR) is 77.5 cm³/mol. The van der Waals surface area contributed by atoms with E-state index in [1.54, 1.807) is 0 Å². The van der Waals surface area contributed by atoms with Gasteiger partial charge in [0.2, 0.25) is 0 Å². The van der Waals surface area contributed by atoms with Gasteiger partial charge in [0.15, 0.2) is 0 Å². The summed E-state index contributed by atoms with van der Waals surface area (Å²) in [4.78, 5) is 10.4. The van der Waals surface area contributed by atoms with E-state index in [-0.39, 0.29) is 15.8 Å². The molecule has 0 bridgehead atoms. The van der Waals surface area contributed by atoms with E-state index >= 15 is 0 Å². The van der Waals surface area contributed by atoms with E-state index < -0.39 is 10.7 Å². The Morgan fingerprint density at radius 3 is 2.80 bits per heavy atom. The lowest BCUT2D eigenvalue weighted by atomic mass is 10.2. The Balaban J connectivity index is 1.90. The second-order valence-corrected chi connectivity index (χ2v) is 5.60. The highest BCUT2D eigenvalue weighted by atomic mass is 79.9. The van der Waals surface area contributed by atoms with E-state index in [9.17, 15) is 14.5 Å². The lowest BCUT2D eigenvalue weighted by Gasteiger charge is -2.12. The molecule has 1 fully saturated rings. The standard InChI is InChI=1S/C13H16BrFN2O3/c14-10-7-13(17(18)19)12(8-11(10)15)16-5-6-20-9-3-1-2-4-9/h7-9,16H,1-6H2. The molecule has 1 aliphatic carbocycles. The van der Waals surface area contributed by atoms with Gasteiger partial charge in [0.25, 0.3) is 5.69 Å². The molecule has 0 aromatic heterocycles. The zero-order valence-electron chi connectivity index (χ0n) is 10.9. The van der Waals surface area contributed by atoms with Crippen molar-refractivity contribution >= 4 is 27.3 Å². The van der Waals surface area contributed by atoms with Crippen LogP contribution in [0.3, 0.4) is 0 Å². The van der Waals surface area contributed by atoms with Crippen molar-refractivity contribution in [3.8, 4) is 0 Å². The molecule has 0 radical (unpaired) electrons. The largest absolute Gasteiger partial charge is 0.377 e. The number of nitro groups is 1. The minimum atomic E-state index is -0.537. The third-order valence-electron chi connectivity index (χ3n) is 3.31. The molecule has 0 saturated heterocycles. The molecule has 0 amide bonds. The molecule has 1 aliphatic rings. The SMILES string of the molecule is O=[N+]([O-])c1cc(Br)c(F)cc1NCCOC1CCCC1. The van der Waals surface area contributed by atoms with E-state index in [1.807, 2.05) is 0 Å². The zero-order valence-corrected chi connectivity index (χ0v) is 12.5. The smallest absolute Gasteiger partial charge is 0.293 e. The number of nitrogens with zero attached hydrogens (tertiary/aromatic N) is 1. The summed E-state index contributed by atoms with van der Waals surface area (Å²) in [6.07, 6.45) is 4.84. The molecule has 0 heterocycles. The summed E-state index contributed by atoms with van der Waals surface area (Å²) in [6, 6.07) is 2.28. The maximum atomic E-state index is 13.4. The van der Waals surface area contributed by atoms with Crippen molar-refractivity contribution in [3.05, 3.63) is 32.5 Å². The topological polar surface area (TPSA) is 64.4 Å². The molecule has 1 N–H and O–H groups in total. The number of nitro benzene ring substituents is 1. The van der Waals surface area contributed by atoms with Crippen molar-refractivity contribution in [2.24, 2.45) is 0 Å². The van der Waals surface area contributed by atoms with Crippen LogP contribution in [-0.2, 0) is 4.74 Å². The molecule has 0 unspecified atom stereocenters. The molecule has 0 spiro atoms. The molecule has 2 rings (SSSR count). The predicted octanol–water partition coefficient (Wildman–Crippen LogP) is 3.87. The van der Waals surface area contributed by atoms with Crippen molar-refractivity contribution in [2.75, 3.05) is 18.5 Å². The minimum Gasteiger partial charge on any atom is -0.377 e. The number of benzene rings is 1. The Kier molecular flexibility index (Phi) is 5.31. The van der Waals surface area contributed by atoms with Gasteiger partial charge in [-0.05, 0) is 28.8 Å². The lowest BCUT2D eigenvalue weighted by molar-refractivity contribution is -0.384. The van der Waals surface area contributed by atoms with Gasteiger partial charge in [-0.25, -0.2) is 4.39 Å². The molecule has 1 saturated carbocycles. The van der Waals surface area contributed by atoms with Crippen molar-refractivity contribution in [2.45, 2.75) is 31.8 Å². The Morgan fingerprint density at radius 2 is 2.15 bits per heavy atom. The van der Waals surface area contributed by atoms with E-state index in [2.05, 4.69) is 21.2 Å². The molecular weight excluding hydrogens is 331 g/mol. The number of hydrogen-bond donors (Lipinski definition) is 1. The molecule has 1 aromatic rings. The number of rotatable bonds is 6. The number of ether oxygens (including phenoxy) is 1. The number of hydrogen-bond acceptors (Lipinski definition) is 4. The molecule has 1 aromatic carbocycles. The molecule has 5 nitrogen and oxygen atoms in total. The van der Waals surface area contributed by atoms with E-state index in [0.29, 0.717) is 19.3 Å². The lowest BCUT2D eigenvalue weighted by Crippen LogP contribution is -2.16. The van der Waals surface area contributed by atoms with Crippen molar-refractivity contribution in [3.63, 3.8) is 0 Å². The van der Waals surface area contributed by atoms with Gasteiger partial charge in [0.1, 0.15) is 11.5 Å². The minimum absolute atomic E-state index is 0.0805. The third kappa shape index (κ3) is 3.89. The number of nitrogens with one attached hydrogen (secondary N) is 1. The Hall–Kier alpha value is -1.21. The van der Waals surface area contributed by atoms with Gasteiger partial charge < -0.3 is 10.1 Å². The molecule has 7 heteroatoms. The molecule has 0 aliphatic heterocycles. The first-order valence-corrected chi connectivity index (χ1v) is 7.36. The average Bonchev–Trinajstić information content (AvgIpc) is 2.91. The second kappa shape index (κ2) is 6.99. The molecule has 20 heavy (non-hydrogen) atoms. The molecular formula is C13H16BrFN2O3. The maximum Gasteiger partial charge on any atom is 0.293 e. The van der Waals surface area contributed by atoms with Crippen molar-refractivity contribution in [1.29, 1.82) is 0 Å². The van der Waals surface area contributed by atoms with Crippen LogP contribution >= 0.6 is 15.9 Å². The summed E-state index contributed by atoms with van der Waals surface area (Å²) in [5.74, 6) is -0.533. The van der Waals surface area contributed by atoms with E-state index in [0.717, 1.165) is 25.0 Å². The van der Waals surface area contributed by atoms with Crippen LogP contribution in [0.5, 0.6) is 0 Å². The molecule has 110 valence electrons. The van der Waals surface area contributed by atoms with Gasteiger partial charge in [-0.15, -0.1) is 0 Å². The fraction of sp³-hybridized carbons (Fsp3) is 0.538. The normalized spacial score (nSPS) is 15.5. The van der Waals surface area contributed by atoms with Crippen LogP contribution in [0.1, 0.15) is 25.7 Å². The van der Waals surface area contributed by atoms with Gasteiger partial charge in [0.05, 0.1) is 22.1 Å². The first-order chi connectivity index (χ1) is 9.58. The third-order valence-corrected chi connectivity index (χ3v) is 3.92. The summed E-state index contributed by atoms with van der Waals surface area (Å²) in [6.45, 7) is 0.873. The summed E-state index contributed by atoms with van der Waals surface area (Å²) >= 11 is 2.94. The fourth-order valence-corrected chi connectivity index (χ4v) is 2.63. The summed E-state index contributed by atoms with van der Waals surface area (Å²) in [7, 11) is 0. The van der Waals surface area contributed by atoms with Gasteiger partial charge in [-0.3, -0.25) is 10.1 Å². The Bertz CT molecular complexity index is 493. The maximum absolute atomic E-state index is 13.4. The van der Waals surface area contributed by atoms with Crippen LogP contribution in [0.2, 0.25) is 0 Å². The first kappa shape index (κ1) is 15.2. The quantitative estimate of drug-likeness (QED) is 0.482. The van der Waals surface area contributed by atoms with Crippen LogP contribution in [-0.4, -0.2) is 24.2 Å². The monoisotopic (exact) mass is 346 g/mol. The van der Waals surface area contributed by atoms with Gasteiger partial charge >= 0.3 is 0 Å². The fourth-order valence-electron chi connectivity index (χ4n) is 2.30. The number of halogens is 2. The number of anilines is 1. The first-order valence-electron chi connectivity index (χ1n) is 6.57. The summed E-state index contributed by atoms with van der Waals surface area (Å²) in [5, 5.41) is 13.8. The second-order valence-electron chi connectivity index (χ2n) is 4.74. The Labute approximate surface area is 124 Å². The van der Waals surface area contributed by atoms with E-state index in [1.165, 1.54) is 12.8 Å². The van der Waals surface area contributed by atoms with Crippen LogP contribution < -0.4 is 5.32 Å². The van der Waals surface area contributed by atoms with Crippen LogP contribution in [0.15, 0.2) is 16.6 Å². The molecule has 0 atom stereocenters. The zero-order chi connectivity index (χ0) is 14.5. The summed E-state index contributed by atoms with van der Waals surface area (Å²) < 4.78 is 19.2. The highest BCUT2D eigenvalue weighted by Gasteiger charge is 2.18. The van der Waals surface area contributed by atoms with Gasteiger partial charge in [-0.2, -0.15) is 0 Å². The van der Waals surface area contributed by atoms with Crippen LogP contribution in [0.25, 0.3) is 0 Å². The van der Waals surface area contributed by atoms with E-state index in [4.69, 9.17) is 4.74 Å². The average molecular weight is 347 g/mol. The summed E-state index contributed by atoms with van der Waals surface area (Å²) in [5.41, 5.74) is 0.0184. The van der Waals surface area contributed by atoms with Gasteiger partial charge in [0, 0.05) is 18.7 Å². The highest BCUT2D eigenvalue weighted by Crippen LogP contribution is 2.30. The van der Waals surface area contributed by atoms with Crippen molar-refractivity contribution < 1.29 is 14.1 Å².